The third-order valence-electron chi connectivity index (χ3n) is 0.462. The first-order chi connectivity index (χ1) is 4.54. The molecule has 1 atom stereocenters. The molecule has 43 valence electrons. The highest BCUT2D eigenvalue weighted by molar-refractivity contribution is 7.44. The standard InChI is InChI=1S/CH4B3OSi.CH3B3/c1-5-6(3)4-2;1-4(2)3/h6H,1H3;1H3. The van der Waals surface area contributed by atoms with Crippen LogP contribution in [0.4, 0.5) is 0 Å². The minimum Gasteiger partial charge on any atom is -0.442 e. The average molecular weight is 140 g/mol. The van der Waals surface area contributed by atoms with Crippen LogP contribution in [0.2, 0.25) is 6.82 Å². The molecule has 8 heteroatoms. The van der Waals surface area contributed by atoms with Crippen molar-refractivity contribution in [3.05, 3.63) is 0 Å². The van der Waals surface area contributed by atoms with Gasteiger partial charge in [-0.3, -0.25) is 0 Å². The summed E-state index contributed by atoms with van der Waals surface area (Å²) in [7, 11) is 20.0. The second kappa shape index (κ2) is 9.57. The Morgan fingerprint density at radius 2 is 1.80 bits per heavy atom. The molecule has 1 unspecified atom stereocenters. The van der Waals surface area contributed by atoms with E-state index in [1.807, 2.05) is 0 Å². The molecule has 0 bridgehead atoms. The molecule has 0 aromatic rings. The maximum Gasteiger partial charge on any atom is 0.0799 e. The minimum absolute atomic E-state index is 0.167. The van der Waals surface area contributed by atoms with Crippen molar-refractivity contribution in [3.8, 4) is 0 Å². The van der Waals surface area contributed by atoms with E-state index in [1.165, 1.54) is 6.76 Å². The molecule has 0 spiro atoms. The molecule has 0 aromatic heterocycles. The van der Waals surface area contributed by atoms with Crippen LogP contribution in [-0.2, 0) is 4.43 Å². The predicted molar refractivity (Wildman–Crippen MR) is 54.5 cm³/mol. The van der Waals surface area contributed by atoms with E-state index in [2.05, 4.69) is 4.43 Å². The van der Waals surface area contributed by atoms with Gasteiger partial charge in [0.2, 0.25) is 0 Å². The lowest BCUT2D eigenvalue weighted by atomic mass is 9.21. The first kappa shape index (κ1) is 13.2. The van der Waals surface area contributed by atoms with Crippen LogP contribution in [0.15, 0.2) is 0 Å². The Balaban J connectivity index is 0. The summed E-state index contributed by atoms with van der Waals surface area (Å²) >= 11 is 0. The number of hydrogen-bond donors (Lipinski definition) is 0. The molecule has 9 radical (unpaired) electrons. The Morgan fingerprint density at radius 3 is 1.80 bits per heavy atom. The van der Waals surface area contributed by atoms with Crippen LogP contribution in [0, 0.1) is 0 Å². The Hall–Kier alpha value is 0.566. The van der Waals surface area contributed by atoms with Crippen molar-refractivity contribution >= 4 is 52.7 Å². The average Bonchev–Trinajstić information content (AvgIpc) is 1.85. The zero-order valence-electron chi connectivity index (χ0n) is 6.45. The molecule has 0 aromatic carbocycles. The molecule has 0 rings (SSSR count). The zero-order chi connectivity index (χ0) is 8.57. The highest BCUT2D eigenvalue weighted by atomic mass is 28.3. The van der Waals surface area contributed by atoms with Crippen molar-refractivity contribution < 1.29 is 4.43 Å². The molecule has 0 saturated heterocycles. The second-order valence-electron chi connectivity index (χ2n) is 1.75. The first-order valence-electron chi connectivity index (χ1n) is 2.89. The molecule has 0 aliphatic heterocycles. The molecule has 0 N–H and O–H groups in total. The van der Waals surface area contributed by atoms with E-state index in [4.69, 9.17) is 30.6 Å². The van der Waals surface area contributed by atoms with Crippen molar-refractivity contribution in [1.29, 1.82) is 0 Å². The van der Waals surface area contributed by atoms with Gasteiger partial charge in [-0.1, -0.05) is 0 Å². The zero-order valence-corrected chi connectivity index (χ0v) is 7.60. The van der Waals surface area contributed by atoms with Crippen molar-refractivity contribution in [3.63, 3.8) is 0 Å². The van der Waals surface area contributed by atoms with Crippen molar-refractivity contribution in [2.24, 2.45) is 0 Å². The molecule has 0 aliphatic carbocycles. The Kier molecular flexibility index (Phi) is 12.6. The first-order valence-corrected chi connectivity index (χ1v) is 4.69. The Labute approximate surface area is 71.6 Å². The van der Waals surface area contributed by atoms with Gasteiger partial charge in [-0.05, 0) is 0 Å². The fraction of sp³-hybridized carbons (Fsp3) is 1.00. The van der Waals surface area contributed by atoms with Gasteiger partial charge in [0.05, 0.1) is 23.0 Å². The number of rotatable bonds is 2. The van der Waals surface area contributed by atoms with E-state index in [0.717, 1.165) is 0 Å². The maximum atomic E-state index is 5.21. The van der Waals surface area contributed by atoms with E-state index >= 15 is 0 Å². The molecule has 0 aliphatic rings. The quantitative estimate of drug-likeness (QED) is 0.393. The van der Waals surface area contributed by atoms with Gasteiger partial charge in [-0.2, -0.15) is 0 Å². The largest absolute Gasteiger partial charge is 0.442 e. The lowest BCUT2D eigenvalue weighted by Crippen LogP contribution is -2.25. The third kappa shape index (κ3) is 23.5. The van der Waals surface area contributed by atoms with Gasteiger partial charge < -0.3 is 4.43 Å². The van der Waals surface area contributed by atoms with E-state index in [-0.39, 0.29) is 6.49 Å². The van der Waals surface area contributed by atoms with Crippen molar-refractivity contribution in [2.45, 2.75) is 6.82 Å². The third-order valence-corrected chi connectivity index (χ3v) is 1.39. The molecule has 0 saturated carbocycles. The summed E-state index contributed by atoms with van der Waals surface area (Å²) in [6.07, 6.45) is 0. The molecular formula is C2H7B6OSi. The van der Waals surface area contributed by atoms with Crippen LogP contribution in [0.1, 0.15) is 0 Å². The molecular weight excluding hydrogens is 133 g/mol. The van der Waals surface area contributed by atoms with Gasteiger partial charge >= 0.3 is 0 Å². The van der Waals surface area contributed by atoms with E-state index in [9.17, 15) is 0 Å². The molecule has 0 fully saturated rings. The van der Waals surface area contributed by atoms with E-state index in [0.29, 0.717) is 0 Å². The normalized spacial score (nSPS) is 10.6. The summed E-state index contributed by atoms with van der Waals surface area (Å²) in [5.41, 5.74) is 0. The van der Waals surface area contributed by atoms with Gasteiger partial charge in [0.25, 0.3) is 0 Å². The summed E-state index contributed by atoms with van der Waals surface area (Å²) < 4.78 is 4.64. The minimum atomic E-state index is -1.51. The summed E-state index contributed by atoms with van der Waals surface area (Å²) in [4.78, 5) is 0. The highest BCUT2D eigenvalue weighted by Crippen LogP contribution is 1.64. The lowest BCUT2D eigenvalue weighted by Gasteiger charge is -1.99. The number of hydrogen-bond acceptors (Lipinski definition) is 1. The SMILES string of the molecule is [B]B([B])C.[B][B][SiH]([B])OC. The summed E-state index contributed by atoms with van der Waals surface area (Å²) in [6.45, 7) is 2.97. The van der Waals surface area contributed by atoms with Crippen molar-refractivity contribution in [2.75, 3.05) is 7.11 Å². The van der Waals surface area contributed by atoms with Crippen LogP contribution in [-0.4, -0.2) is 59.8 Å². The van der Waals surface area contributed by atoms with Crippen LogP contribution < -0.4 is 0 Å². The molecule has 1 nitrogen and oxygen atoms in total. The van der Waals surface area contributed by atoms with Crippen LogP contribution in [0.25, 0.3) is 0 Å². The van der Waals surface area contributed by atoms with Gasteiger partial charge in [-0.25, -0.2) is 0 Å². The Morgan fingerprint density at radius 1 is 1.50 bits per heavy atom. The second-order valence-corrected chi connectivity index (χ2v) is 3.54. The summed E-state index contributed by atoms with van der Waals surface area (Å²) in [6, 6.07) is 0. The fourth-order valence-electron chi connectivity index (χ4n) is 0.0786. The maximum absolute atomic E-state index is 5.21. The van der Waals surface area contributed by atoms with Gasteiger partial charge in [-0.15, -0.1) is 6.82 Å². The van der Waals surface area contributed by atoms with E-state index < -0.39 is 8.78 Å². The molecule has 10 heavy (non-hydrogen) atoms. The van der Waals surface area contributed by atoms with Crippen molar-refractivity contribution in [1.82, 2.24) is 0 Å². The predicted octanol–water partition coefficient (Wildman–Crippen LogP) is -2.25. The van der Waals surface area contributed by atoms with Crippen LogP contribution in [0.5, 0.6) is 0 Å². The smallest absolute Gasteiger partial charge is 0.0799 e. The van der Waals surface area contributed by atoms with Crippen LogP contribution in [0.3, 0.4) is 0 Å². The lowest BCUT2D eigenvalue weighted by molar-refractivity contribution is 0.448. The molecule has 0 heterocycles. The van der Waals surface area contributed by atoms with Crippen LogP contribution >= 0.6 is 0 Å². The Bertz CT molecular complexity index is 55.0. The van der Waals surface area contributed by atoms with Gasteiger partial charge in [0, 0.05) is 36.8 Å². The molecule has 0 amide bonds. The monoisotopic (exact) mass is 141 g/mol. The fourth-order valence-corrected chi connectivity index (χ4v) is 0.236. The van der Waals surface area contributed by atoms with E-state index in [1.54, 1.807) is 13.9 Å². The summed E-state index contributed by atoms with van der Waals surface area (Å²) in [5, 5.41) is 0. The topological polar surface area (TPSA) is 9.23 Å². The highest BCUT2D eigenvalue weighted by Gasteiger charge is 1.92. The van der Waals surface area contributed by atoms with Gasteiger partial charge in [0.1, 0.15) is 0 Å². The van der Waals surface area contributed by atoms with Gasteiger partial charge in [0.15, 0.2) is 0 Å². The summed E-state index contributed by atoms with van der Waals surface area (Å²) in [5.74, 6) is 0.